The second-order valence-electron chi connectivity index (χ2n) is 8.95. The Balaban J connectivity index is 0.00000168. The van der Waals surface area contributed by atoms with Gasteiger partial charge in [0.05, 0.1) is 0 Å². The molecule has 1 amide bonds. The van der Waals surface area contributed by atoms with Gasteiger partial charge in [0, 0.05) is 0 Å². The fraction of sp³-hybridized carbons (Fsp3) is 0.0312. The van der Waals surface area contributed by atoms with Crippen LogP contribution >= 0.6 is 0 Å². The molecule has 1 aliphatic carbocycles. The normalized spacial score (nSPS) is 11.0. The standard InChI is InChI=1S/C13H9.C12H10Si.C7H7NO.2ClH.Ti/c1-3-7-12-10(5-1)9-11-6-2-4-8-13(11)12;1-3-7-11(8-4-1)13-12-9-5-2-6-10-12;8-7(9)6-4-2-1-3-5-6;;;/h1-9H;1-10H;1-5H,(H2,8,9);2*1H;/q;;;;;+3/p-3. The van der Waals surface area contributed by atoms with Crippen molar-refractivity contribution in [1.82, 2.24) is 3.80 Å². The fourth-order valence-electron chi connectivity index (χ4n) is 5.22. The summed E-state index contributed by atoms with van der Waals surface area (Å²) >= 11 is -2.44. The Labute approximate surface area is 242 Å². The van der Waals surface area contributed by atoms with Crippen LogP contribution in [0.1, 0.15) is 25.7 Å². The molecule has 0 heterocycles. The molecule has 1 aliphatic rings. The summed E-state index contributed by atoms with van der Waals surface area (Å²) in [6, 6.07) is 49.0. The molecule has 0 atom stereocenters. The number of fused-ring (bicyclic) bond motifs is 3. The Morgan fingerprint density at radius 1 is 0.553 bits per heavy atom. The summed E-state index contributed by atoms with van der Waals surface area (Å²) in [6.07, 6.45) is -1.27. The molecular weight excluding hydrogens is 561 g/mol. The minimum Gasteiger partial charge on any atom is -1.00 e. The Bertz CT molecular complexity index is 1490. The largest absolute Gasteiger partial charge is 1.00 e. The van der Waals surface area contributed by atoms with Crippen LogP contribution in [0.15, 0.2) is 140 Å². The van der Waals surface area contributed by atoms with Crippen molar-refractivity contribution >= 4 is 22.5 Å². The molecular formula is C32H25Cl2NOSiTi. The second kappa shape index (κ2) is 12.8. The number of hydrogen-bond acceptors (Lipinski definition) is 1. The topological polar surface area (TPSA) is 29.1 Å². The second-order valence-corrected chi connectivity index (χ2v) is 18.0. The van der Waals surface area contributed by atoms with E-state index in [1.54, 1.807) is 0 Å². The van der Waals surface area contributed by atoms with E-state index in [2.05, 4.69) is 113 Å². The van der Waals surface area contributed by atoms with Crippen molar-refractivity contribution in [3.8, 4) is 11.1 Å². The summed E-state index contributed by atoms with van der Waals surface area (Å²) in [7, 11) is 0. The number of amides is 1. The van der Waals surface area contributed by atoms with Crippen LogP contribution in [0.5, 0.6) is 0 Å². The van der Waals surface area contributed by atoms with Crippen LogP contribution in [0.25, 0.3) is 11.1 Å². The van der Waals surface area contributed by atoms with Gasteiger partial charge in [0.15, 0.2) is 0 Å². The number of nitrogens with one attached hydrogen (secondary N) is 1. The van der Waals surface area contributed by atoms with E-state index in [4.69, 9.17) is 0 Å². The van der Waals surface area contributed by atoms with E-state index in [0.29, 0.717) is 0 Å². The zero-order chi connectivity index (χ0) is 24.3. The summed E-state index contributed by atoms with van der Waals surface area (Å²) in [6.45, 7) is 0. The maximum absolute atomic E-state index is 13.7. The van der Waals surface area contributed by atoms with Crippen molar-refractivity contribution in [2.24, 2.45) is 0 Å². The zero-order valence-electron chi connectivity index (χ0n) is 20.5. The van der Waals surface area contributed by atoms with E-state index in [0.717, 1.165) is 5.56 Å². The molecule has 1 N–H and O–H groups in total. The molecule has 0 radical (unpaired) electrons. The Morgan fingerprint density at radius 2 is 0.947 bits per heavy atom. The van der Waals surface area contributed by atoms with Crippen molar-refractivity contribution in [2.75, 3.05) is 0 Å². The van der Waals surface area contributed by atoms with Crippen LogP contribution < -0.4 is 39.0 Å². The number of carbonyl (C=O) groups is 1. The number of rotatable bonds is 5. The molecule has 5 aromatic rings. The van der Waals surface area contributed by atoms with Crippen LogP contribution in [0, 0.1) is 0 Å². The van der Waals surface area contributed by atoms with Gasteiger partial charge in [-0.2, -0.15) is 0 Å². The van der Waals surface area contributed by atoms with E-state index in [1.165, 1.54) is 32.6 Å². The smallest absolute Gasteiger partial charge is 1.00 e. The molecule has 0 spiro atoms. The maximum atomic E-state index is 13.7. The first kappa shape index (κ1) is 28.1. The van der Waals surface area contributed by atoms with Gasteiger partial charge in [-0.05, 0) is 0 Å². The van der Waals surface area contributed by atoms with E-state index in [-0.39, 0.29) is 34.9 Å². The zero-order valence-corrected chi connectivity index (χ0v) is 24.6. The predicted octanol–water partition coefficient (Wildman–Crippen LogP) is -0.466. The summed E-state index contributed by atoms with van der Waals surface area (Å²) in [5, 5.41) is 2.72. The molecule has 186 valence electrons. The molecule has 0 saturated carbocycles. The van der Waals surface area contributed by atoms with Gasteiger partial charge in [-0.1, -0.05) is 0 Å². The van der Waals surface area contributed by atoms with Crippen molar-refractivity contribution in [3.63, 3.8) is 0 Å². The molecule has 0 fully saturated rings. The number of halogens is 2. The summed E-state index contributed by atoms with van der Waals surface area (Å²) < 4.78 is 3.95. The first-order chi connectivity index (χ1) is 17.8. The van der Waals surface area contributed by atoms with Crippen LogP contribution in [0.3, 0.4) is 0 Å². The van der Waals surface area contributed by atoms with Gasteiger partial charge in [0.25, 0.3) is 0 Å². The van der Waals surface area contributed by atoms with Crippen LogP contribution in [-0.4, -0.2) is 12.1 Å². The summed E-state index contributed by atoms with van der Waals surface area (Å²) in [5.41, 5.74) is 6.05. The minimum absolute atomic E-state index is 0. The minimum atomic E-state index is -2.44. The molecule has 0 aromatic heterocycles. The molecule has 6 rings (SSSR count). The Morgan fingerprint density at radius 3 is 1.42 bits per heavy atom. The van der Waals surface area contributed by atoms with Crippen LogP contribution in [0.2, 0.25) is 0 Å². The van der Waals surface area contributed by atoms with E-state index in [1.807, 2.05) is 30.3 Å². The van der Waals surface area contributed by atoms with Gasteiger partial charge < -0.3 is 24.8 Å². The monoisotopic (exact) mass is 585 g/mol. The van der Waals surface area contributed by atoms with Crippen molar-refractivity contribution in [2.45, 2.75) is 4.22 Å². The molecule has 6 heteroatoms. The maximum Gasteiger partial charge on any atom is -1.00 e. The quantitative estimate of drug-likeness (QED) is 0.278. The van der Waals surface area contributed by atoms with Gasteiger partial charge in [0.1, 0.15) is 0 Å². The molecule has 38 heavy (non-hydrogen) atoms. The third-order valence-electron chi connectivity index (χ3n) is 6.80. The van der Waals surface area contributed by atoms with Gasteiger partial charge in [-0.25, -0.2) is 0 Å². The first-order valence-corrected chi connectivity index (χ1v) is 17.7. The third kappa shape index (κ3) is 5.44. The average molecular weight is 586 g/mol. The molecule has 0 saturated heterocycles. The van der Waals surface area contributed by atoms with Gasteiger partial charge in [0.2, 0.25) is 0 Å². The van der Waals surface area contributed by atoms with E-state index < -0.39 is 23.0 Å². The average Bonchev–Trinajstić information content (AvgIpc) is 3.28. The summed E-state index contributed by atoms with van der Waals surface area (Å²) in [4.78, 5) is 13.7. The SMILES string of the molecule is O=C([NH][Ti+2]([CH]1c2ccccc2-c2ccccc21)=[Si](c1ccccc1)c1ccccc1)c1ccccc1.[Cl-].[Cl-]. The van der Waals surface area contributed by atoms with Gasteiger partial charge in [-0.15, -0.1) is 0 Å². The molecule has 0 unspecified atom stereocenters. The third-order valence-corrected chi connectivity index (χ3v) is 18.7. The van der Waals surface area contributed by atoms with Crippen molar-refractivity contribution < 1.29 is 46.5 Å². The Kier molecular flexibility index (Phi) is 9.43. The predicted molar refractivity (Wildman–Crippen MR) is 146 cm³/mol. The van der Waals surface area contributed by atoms with Crippen LogP contribution in [0.4, 0.5) is 0 Å². The fourth-order valence-corrected chi connectivity index (χ4v) is 18.4. The van der Waals surface area contributed by atoms with Crippen molar-refractivity contribution in [1.29, 1.82) is 0 Å². The molecule has 5 aromatic carbocycles. The molecule has 0 bridgehead atoms. The van der Waals surface area contributed by atoms with E-state index >= 15 is 0 Å². The summed E-state index contributed by atoms with van der Waals surface area (Å²) in [5.74, 6) is 0.0434. The molecule has 0 aliphatic heterocycles. The number of hydrogen-bond donors (Lipinski definition) is 1. The Hall–Kier alpha value is -2.92. The van der Waals surface area contributed by atoms with Crippen molar-refractivity contribution in [3.05, 3.63) is 156 Å². The molecule has 2 nitrogen and oxygen atoms in total. The first-order valence-electron chi connectivity index (χ1n) is 12.2. The number of carbonyl (C=O) groups excluding carboxylic acids is 1. The van der Waals surface area contributed by atoms with Gasteiger partial charge >= 0.3 is 219 Å². The number of benzene rings is 5. The van der Waals surface area contributed by atoms with E-state index in [9.17, 15) is 4.79 Å². The van der Waals surface area contributed by atoms with Gasteiger partial charge in [-0.3, -0.25) is 0 Å². The van der Waals surface area contributed by atoms with Crippen LogP contribution in [-0.2, 0) is 16.9 Å².